The topological polar surface area (TPSA) is 152 Å². The summed E-state index contributed by atoms with van der Waals surface area (Å²) in [4.78, 5) is 50.9. The van der Waals surface area contributed by atoms with Gasteiger partial charge in [0.2, 0.25) is 0 Å². The number of piperidine rings is 2. The van der Waals surface area contributed by atoms with Gasteiger partial charge in [-0.05, 0) is 127 Å². The number of amides is 2. The average Bonchev–Trinajstić information content (AvgIpc) is 3.02. The molecule has 4 rings (SSSR count). The van der Waals surface area contributed by atoms with Crippen LogP contribution in [0.25, 0.3) is 0 Å². The summed E-state index contributed by atoms with van der Waals surface area (Å²) in [6.07, 6.45) is 2.42. The van der Waals surface area contributed by atoms with Gasteiger partial charge in [0.05, 0.1) is 25.3 Å². The molecule has 0 aliphatic carbocycles. The molecule has 2 saturated heterocycles. The van der Waals surface area contributed by atoms with Gasteiger partial charge in [-0.15, -0.1) is 0 Å². The molecule has 264 valence electrons. The van der Waals surface area contributed by atoms with Gasteiger partial charge in [0.25, 0.3) is 0 Å². The Morgan fingerprint density at radius 1 is 0.583 bits per heavy atom. The number of phenols is 2. The van der Waals surface area contributed by atoms with E-state index in [1.165, 1.54) is 26.4 Å². The second-order valence-corrected chi connectivity index (χ2v) is 14.1. The normalized spacial score (nSPS) is 15.9. The van der Waals surface area contributed by atoms with E-state index in [9.17, 15) is 29.4 Å². The second kappa shape index (κ2) is 16.1. The molecule has 12 nitrogen and oxygen atoms in total. The summed E-state index contributed by atoms with van der Waals surface area (Å²) in [7, 11) is 2.62. The summed E-state index contributed by atoms with van der Waals surface area (Å²) in [6, 6.07) is 9.62. The van der Waals surface area contributed by atoms with Crippen LogP contribution in [0.5, 0.6) is 11.5 Å². The Hall–Kier alpha value is -4.48. The molecule has 2 heterocycles. The van der Waals surface area contributed by atoms with Crippen LogP contribution in [0, 0.1) is 0 Å². The van der Waals surface area contributed by atoms with Gasteiger partial charge in [-0.25, -0.2) is 19.2 Å². The van der Waals surface area contributed by atoms with E-state index in [1.807, 2.05) is 41.5 Å². The SMILES string of the molecule is COC(=O)c1cc(O)cc(C2CCN(C(=O)OC(C)(C)C)CC2)c1.COC(=O)c1cc(O)cc(C2CCN(C(=O)OC(C)(C)C)CC2)c1. The minimum atomic E-state index is -0.505. The first-order valence-corrected chi connectivity index (χ1v) is 16.2. The number of ether oxygens (including phenoxy) is 4. The largest absolute Gasteiger partial charge is 0.508 e. The van der Waals surface area contributed by atoms with Crippen molar-refractivity contribution in [1.29, 1.82) is 0 Å². The molecule has 0 unspecified atom stereocenters. The molecule has 2 fully saturated rings. The number of hydrogen-bond acceptors (Lipinski definition) is 10. The van der Waals surface area contributed by atoms with E-state index >= 15 is 0 Å². The summed E-state index contributed by atoms with van der Waals surface area (Å²) in [5, 5.41) is 19.7. The van der Waals surface area contributed by atoms with Crippen molar-refractivity contribution in [3.63, 3.8) is 0 Å². The van der Waals surface area contributed by atoms with E-state index in [0.717, 1.165) is 36.8 Å². The fourth-order valence-electron chi connectivity index (χ4n) is 5.66. The lowest BCUT2D eigenvalue weighted by Crippen LogP contribution is -2.41. The standard InChI is InChI=1S/2C18H25NO5/c2*1-18(2,3)24-17(22)19-7-5-12(6-8-19)13-9-14(16(21)23-4)11-15(20)10-13/h2*9-12,20H,5-8H2,1-4H3. The number of methoxy groups -OCH3 is 2. The highest BCUT2D eigenvalue weighted by molar-refractivity contribution is 5.90. The van der Waals surface area contributed by atoms with Gasteiger partial charge in [0.1, 0.15) is 22.7 Å². The molecule has 0 atom stereocenters. The summed E-state index contributed by atoms with van der Waals surface area (Å²) in [6.45, 7) is 13.4. The molecule has 0 saturated carbocycles. The number of carbonyl (C=O) groups excluding carboxylic acids is 4. The highest BCUT2D eigenvalue weighted by atomic mass is 16.6. The first-order valence-electron chi connectivity index (χ1n) is 16.2. The molecule has 48 heavy (non-hydrogen) atoms. The molecule has 2 N–H and O–H groups in total. The summed E-state index contributed by atoms with van der Waals surface area (Å²) in [5.74, 6) is -0.500. The summed E-state index contributed by atoms with van der Waals surface area (Å²) >= 11 is 0. The van der Waals surface area contributed by atoms with Gasteiger partial charge in [0, 0.05) is 26.2 Å². The van der Waals surface area contributed by atoms with Crippen molar-refractivity contribution < 1.29 is 48.3 Å². The molecular weight excluding hydrogens is 620 g/mol. The minimum Gasteiger partial charge on any atom is -0.508 e. The highest BCUT2D eigenvalue weighted by Gasteiger charge is 2.29. The maximum Gasteiger partial charge on any atom is 0.410 e. The number of likely N-dealkylation sites (tertiary alicyclic amines) is 2. The number of benzene rings is 2. The molecule has 12 heteroatoms. The van der Waals surface area contributed by atoms with Gasteiger partial charge in [-0.2, -0.15) is 0 Å². The van der Waals surface area contributed by atoms with Gasteiger partial charge >= 0.3 is 24.1 Å². The number of hydrogen-bond donors (Lipinski definition) is 2. The molecule has 0 aromatic heterocycles. The van der Waals surface area contributed by atoms with Crippen molar-refractivity contribution in [1.82, 2.24) is 9.80 Å². The summed E-state index contributed by atoms with van der Waals surface area (Å²) in [5.41, 5.74) is 1.44. The number of aromatic hydroxyl groups is 2. The number of esters is 2. The van der Waals surface area contributed by atoms with E-state index in [4.69, 9.17) is 18.9 Å². The van der Waals surface area contributed by atoms with Crippen LogP contribution in [0.15, 0.2) is 36.4 Å². The Labute approximate surface area is 282 Å². The van der Waals surface area contributed by atoms with Crippen LogP contribution in [0.2, 0.25) is 0 Å². The van der Waals surface area contributed by atoms with E-state index in [-0.39, 0.29) is 35.5 Å². The zero-order chi connectivity index (χ0) is 35.8. The number of phenolic OH excluding ortho intramolecular Hbond substituents is 2. The van der Waals surface area contributed by atoms with E-state index in [0.29, 0.717) is 37.3 Å². The molecular formula is C36H50N2O10. The number of nitrogens with zero attached hydrogens (tertiary/aromatic N) is 2. The van der Waals surface area contributed by atoms with Crippen molar-refractivity contribution in [2.45, 2.75) is 90.3 Å². The van der Waals surface area contributed by atoms with E-state index < -0.39 is 23.1 Å². The van der Waals surface area contributed by atoms with Crippen molar-refractivity contribution in [3.8, 4) is 11.5 Å². The van der Waals surface area contributed by atoms with Crippen LogP contribution in [-0.4, -0.2) is 95.7 Å². The molecule has 2 aliphatic heterocycles. The zero-order valence-electron chi connectivity index (χ0n) is 29.3. The Morgan fingerprint density at radius 3 is 1.17 bits per heavy atom. The minimum absolute atomic E-state index is 0.0440. The number of rotatable bonds is 4. The van der Waals surface area contributed by atoms with Crippen LogP contribution in [-0.2, 0) is 18.9 Å². The molecule has 2 aromatic rings. The fourth-order valence-corrected chi connectivity index (χ4v) is 5.66. The Morgan fingerprint density at radius 2 is 0.896 bits per heavy atom. The van der Waals surface area contributed by atoms with Gasteiger partial charge < -0.3 is 39.0 Å². The quantitative estimate of drug-likeness (QED) is 0.269. The molecule has 0 spiro atoms. The lowest BCUT2D eigenvalue weighted by Gasteiger charge is -2.33. The smallest absolute Gasteiger partial charge is 0.410 e. The Kier molecular flexibility index (Phi) is 12.7. The molecule has 2 aliphatic rings. The van der Waals surface area contributed by atoms with Gasteiger partial charge in [-0.3, -0.25) is 0 Å². The Balaban J connectivity index is 0.000000260. The average molecular weight is 671 g/mol. The van der Waals surface area contributed by atoms with Crippen LogP contribution in [0.1, 0.15) is 111 Å². The Bertz CT molecular complexity index is 1330. The lowest BCUT2D eigenvalue weighted by molar-refractivity contribution is 0.0194. The van der Waals surface area contributed by atoms with Crippen molar-refractivity contribution in [3.05, 3.63) is 58.7 Å². The van der Waals surface area contributed by atoms with Crippen molar-refractivity contribution in [2.75, 3.05) is 40.4 Å². The zero-order valence-corrected chi connectivity index (χ0v) is 29.3. The number of carbonyl (C=O) groups is 4. The first-order chi connectivity index (χ1) is 22.4. The molecule has 0 bridgehead atoms. The van der Waals surface area contributed by atoms with Crippen molar-refractivity contribution >= 4 is 24.1 Å². The third-order valence-corrected chi connectivity index (χ3v) is 7.96. The monoisotopic (exact) mass is 670 g/mol. The maximum absolute atomic E-state index is 12.1. The maximum atomic E-state index is 12.1. The van der Waals surface area contributed by atoms with Crippen LogP contribution in [0.3, 0.4) is 0 Å². The van der Waals surface area contributed by atoms with Crippen molar-refractivity contribution in [2.24, 2.45) is 0 Å². The van der Waals surface area contributed by atoms with Gasteiger partial charge in [0.15, 0.2) is 0 Å². The highest BCUT2D eigenvalue weighted by Crippen LogP contribution is 2.33. The van der Waals surface area contributed by atoms with E-state index in [2.05, 4.69) is 0 Å². The first kappa shape index (κ1) is 38.0. The lowest BCUT2D eigenvalue weighted by atomic mass is 9.88. The molecule has 2 aromatic carbocycles. The van der Waals surface area contributed by atoms with E-state index in [1.54, 1.807) is 34.1 Å². The van der Waals surface area contributed by atoms with Crippen LogP contribution < -0.4 is 0 Å². The predicted octanol–water partition coefficient (Wildman–Crippen LogP) is 6.59. The van der Waals surface area contributed by atoms with Crippen LogP contribution in [0.4, 0.5) is 9.59 Å². The van der Waals surface area contributed by atoms with Crippen LogP contribution >= 0.6 is 0 Å². The third kappa shape index (κ3) is 11.3. The summed E-state index contributed by atoms with van der Waals surface area (Å²) < 4.78 is 20.2. The van der Waals surface area contributed by atoms with Gasteiger partial charge in [-0.1, -0.05) is 0 Å². The molecule has 0 radical (unpaired) electrons. The fraction of sp³-hybridized carbons (Fsp3) is 0.556. The third-order valence-electron chi connectivity index (χ3n) is 7.96. The predicted molar refractivity (Wildman–Crippen MR) is 178 cm³/mol. The molecule has 2 amide bonds. The second-order valence-electron chi connectivity index (χ2n) is 14.1.